The molecule has 4 aromatic rings. The van der Waals surface area contributed by atoms with Crippen molar-refractivity contribution in [3.63, 3.8) is 0 Å². The molecule has 0 atom stereocenters. The third-order valence-corrected chi connectivity index (χ3v) is 6.25. The van der Waals surface area contributed by atoms with E-state index in [2.05, 4.69) is 73.3 Å². The number of quaternary nitrogens is 1. The van der Waals surface area contributed by atoms with Crippen LogP contribution in [0.3, 0.4) is 0 Å². The first-order valence-corrected chi connectivity index (χ1v) is 10.7. The van der Waals surface area contributed by atoms with Crippen LogP contribution in [0.15, 0.2) is 66.9 Å². The molecule has 1 aliphatic rings. The van der Waals surface area contributed by atoms with E-state index >= 15 is 0 Å². The van der Waals surface area contributed by atoms with Crippen LogP contribution in [0.1, 0.15) is 16.8 Å². The van der Waals surface area contributed by atoms with Gasteiger partial charge in [-0.05, 0) is 19.4 Å². The predicted molar refractivity (Wildman–Crippen MR) is 121 cm³/mol. The molecule has 2 aromatic carbocycles. The zero-order chi connectivity index (χ0) is 20.5. The van der Waals surface area contributed by atoms with Crippen LogP contribution in [0.25, 0.3) is 16.8 Å². The summed E-state index contributed by atoms with van der Waals surface area (Å²) in [5, 5.41) is 4.76. The average Bonchev–Trinajstić information content (AvgIpc) is 3.20. The highest BCUT2D eigenvalue weighted by atomic mass is 15.4. The number of nitrogens with one attached hydrogen (secondary N) is 1. The molecular formula is C25H28N5+. The fourth-order valence-electron chi connectivity index (χ4n) is 4.46. The normalized spacial score (nSPS) is 15.1. The van der Waals surface area contributed by atoms with Gasteiger partial charge in [-0.3, -0.25) is 0 Å². The van der Waals surface area contributed by atoms with E-state index in [0.717, 1.165) is 55.2 Å². The van der Waals surface area contributed by atoms with Gasteiger partial charge < -0.3 is 9.80 Å². The molecule has 3 heterocycles. The molecule has 1 saturated heterocycles. The molecule has 0 bridgehead atoms. The van der Waals surface area contributed by atoms with Crippen LogP contribution in [0, 0.1) is 13.8 Å². The molecule has 1 N–H and O–H groups in total. The molecule has 30 heavy (non-hydrogen) atoms. The first-order valence-electron chi connectivity index (χ1n) is 10.7. The highest BCUT2D eigenvalue weighted by molar-refractivity contribution is 5.78. The van der Waals surface area contributed by atoms with Crippen LogP contribution in [0.4, 0.5) is 5.82 Å². The maximum atomic E-state index is 4.91. The third kappa shape index (κ3) is 3.46. The van der Waals surface area contributed by atoms with Crippen molar-refractivity contribution in [1.82, 2.24) is 14.6 Å². The molecule has 152 valence electrons. The number of hydrogen-bond donors (Lipinski definition) is 1. The molecule has 0 radical (unpaired) electrons. The van der Waals surface area contributed by atoms with E-state index in [9.17, 15) is 0 Å². The Morgan fingerprint density at radius 2 is 1.57 bits per heavy atom. The van der Waals surface area contributed by atoms with E-state index < -0.39 is 0 Å². The van der Waals surface area contributed by atoms with Gasteiger partial charge in [-0.15, -0.1) is 0 Å². The van der Waals surface area contributed by atoms with Gasteiger partial charge in [0.05, 0.1) is 32.4 Å². The molecule has 0 spiro atoms. The fraction of sp³-hybridized carbons (Fsp3) is 0.280. The lowest BCUT2D eigenvalue weighted by molar-refractivity contribution is -0.914. The maximum Gasteiger partial charge on any atom is 0.165 e. The quantitative estimate of drug-likeness (QED) is 0.574. The Morgan fingerprint density at radius 1 is 0.900 bits per heavy atom. The summed E-state index contributed by atoms with van der Waals surface area (Å²) in [5.74, 6) is 1.19. The Balaban J connectivity index is 1.43. The number of rotatable bonds is 4. The van der Waals surface area contributed by atoms with Gasteiger partial charge in [0.1, 0.15) is 12.4 Å². The van der Waals surface area contributed by atoms with E-state index in [1.807, 2.05) is 16.8 Å². The summed E-state index contributed by atoms with van der Waals surface area (Å²) in [4.78, 5) is 9.04. The van der Waals surface area contributed by atoms with Gasteiger partial charge in [0, 0.05) is 22.4 Å². The molecule has 5 nitrogen and oxygen atoms in total. The van der Waals surface area contributed by atoms with Gasteiger partial charge in [-0.1, -0.05) is 60.7 Å². The van der Waals surface area contributed by atoms with Crippen molar-refractivity contribution in [3.05, 3.63) is 83.7 Å². The highest BCUT2D eigenvalue weighted by Crippen LogP contribution is 2.29. The Morgan fingerprint density at radius 3 is 2.27 bits per heavy atom. The second kappa shape index (κ2) is 7.92. The zero-order valence-corrected chi connectivity index (χ0v) is 17.7. The summed E-state index contributed by atoms with van der Waals surface area (Å²) in [5.41, 5.74) is 6.91. The summed E-state index contributed by atoms with van der Waals surface area (Å²) >= 11 is 0. The minimum absolute atomic E-state index is 0.943. The summed E-state index contributed by atoms with van der Waals surface area (Å²) in [6.45, 7) is 9.69. The Kier molecular flexibility index (Phi) is 4.97. The van der Waals surface area contributed by atoms with Crippen molar-refractivity contribution in [2.45, 2.75) is 20.4 Å². The Labute approximate surface area is 177 Å². The first-order chi connectivity index (χ1) is 14.7. The van der Waals surface area contributed by atoms with Gasteiger partial charge in [-0.2, -0.15) is 9.61 Å². The number of aromatic nitrogens is 3. The number of aryl methyl sites for hydroxylation is 1. The van der Waals surface area contributed by atoms with Crippen molar-refractivity contribution in [3.8, 4) is 11.1 Å². The number of piperazine rings is 1. The van der Waals surface area contributed by atoms with Crippen LogP contribution >= 0.6 is 0 Å². The maximum absolute atomic E-state index is 4.91. The topological polar surface area (TPSA) is 37.9 Å². The van der Waals surface area contributed by atoms with Crippen LogP contribution in [-0.2, 0) is 6.54 Å². The van der Waals surface area contributed by atoms with Crippen LogP contribution < -0.4 is 9.80 Å². The number of hydrogen-bond acceptors (Lipinski definition) is 3. The van der Waals surface area contributed by atoms with Gasteiger partial charge >= 0.3 is 0 Å². The lowest BCUT2D eigenvalue weighted by Crippen LogP contribution is -3.13. The monoisotopic (exact) mass is 398 g/mol. The van der Waals surface area contributed by atoms with Gasteiger partial charge in [0.25, 0.3) is 0 Å². The Hall–Kier alpha value is -3.18. The molecule has 0 amide bonds. The fourth-order valence-corrected chi connectivity index (χ4v) is 4.46. The van der Waals surface area contributed by atoms with Crippen LogP contribution in [0.5, 0.6) is 0 Å². The molecule has 2 aromatic heterocycles. The molecule has 1 aliphatic heterocycles. The summed E-state index contributed by atoms with van der Waals surface area (Å²) in [6, 6.07) is 21.2. The van der Waals surface area contributed by atoms with Crippen molar-refractivity contribution < 1.29 is 4.90 Å². The number of fused-ring (bicyclic) bond motifs is 1. The minimum atomic E-state index is 0.943. The summed E-state index contributed by atoms with van der Waals surface area (Å²) in [7, 11) is 0. The van der Waals surface area contributed by atoms with E-state index in [1.54, 1.807) is 4.90 Å². The van der Waals surface area contributed by atoms with Gasteiger partial charge in [0.15, 0.2) is 5.65 Å². The molecule has 0 saturated carbocycles. The lowest BCUT2D eigenvalue weighted by atomic mass is 10.1. The SMILES string of the molecule is Cc1nc2c(-c3ccccc3)cnn2c(N2CC[NH+](Cc3ccccc3)CC2)c1C. The van der Waals surface area contributed by atoms with Crippen molar-refractivity contribution in [2.75, 3.05) is 31.1 Å². The Bertz CT molecular complexity index is 1140. The summed E-state index contributed by atoms with van der Waals surface area (Å²) < 4.78 is 2.05. The number of nitrogens with zero attached hydrogens (tertiary/aromatic N) is 4. The van der Waals surface area contributed by atoms with Crippen LogP contribution in [0.2, 0.25) is 0 Å². The molecule has 5 heteroatoms. The smallest absolute Gasteiger partial charge is 0.165 e. The largest absolute Gasteiger partial charge is 0.345 e. The van der Waals surface area contributed by atoms with Crippen LogP contribution in [-0.4, -0.2) is 40.8 Å². The van der Waals surface area contributed by atoms with Gasteiger partial charge in [-0.25, -0.2) is 4.98 Å². The first kappa shape index (κ1) is 18.8. The van der Waals surface area contributed by atoms with E-state index in [0.29, 0.717) is 0 Å². The highest BCUT2D eigenvalue weighted by Gasteiger charge is 2.25. The van der Waals surface area contributed by atoms with E-state index in [1.165, 1.54) is 16.9 Å². The number of benzene rings is 2. The molecular weight excluding hydrogens is 370 g/mol. The average molecular weight is 399 g/mol. The molecule has 1 fully saturated rings. The third-order valence-electron chi connectivity index (χ3n) is 6.25. The second-order valence-electron chi connectivity index (χ2n) is 8.20. The number of anilines is 1. The molecule has 0 aliphatic carbocycles. The molecule has 5 rings (SSSR count). The second-order valence-corrected chi connectivity index (χ2v) is 8.20. The minimum Gasteiger partial charge on any atom is -0.345 e. The van der Waals surface area contributed by atoms with Gasteiger partial charge in [0.2, 0.25) is 0 Å². The van der Waals surface area contributed by atoms with Crippen molar-refractivity contribution in [2.24, 2.45) is 0 Å². The van der Waals surface area contributed by atoms with E-state index in [-0.39, 0.29) is 0 Å². The predicted octanol–water partition coefficient (Wildman–Crippen LogP) is 2.92. The summed E-state index contributed by atoms with van der Waals surface area (Å²) in [6.07, 6.45) is 1.96. The zero-order valence-electron chi connectivity index (χ0n) is 17.7. The van der Waals surface area contributed by atoms with E-state index in [4.69, 9.17) is 10.1 Å². The standard InChI is InChI=1S/C25H27N5/c1-19-20(2)27-24-23(22-11-7-4-8-12-22)17-26-30(24)25(19)29-15-13-28(14-16-29)18-21-9-5-3-6-10-21/h3-12,17H,13-16,18H2,1-2H3/p+1. The molecule has 0 unspecified atom stereocenters. The van der Waals surface area contributed by atoms with Crippen molar-refractivity contribution >= 4 is 11.5 Å². The lowest BCUT2D eigenvalue weighted by Gasteiger charge is -2.34. The van der Waals surface area contributed by atoms with Crippen molar-refractivity contribution in [1.29, 1.82) is 0 Å².